The summed E-state index contributed by atoms with van der Waals surface area (Å²) in [6.45, 7) is 0.812. The van der Waals surface area contributed by atoms with E-state index in [0.717, 1.165) is 4.31 Å². The molecule has 2 aliphatic heterocycles. The van der Waals surface area contributed by atoms with Crippen LogP contribution in [0.1, 0.15) is 25.3 Å². The summed E-state index contributed by atoms with van der Waals surface area (Å²) < 4.78 is 93.6. The molecule has 0 spiro atoms. The predicted octanol–water partition coefficient (Wildman–Crippen LogP) is 0.756. The van der Waals surface area contributed by atoms with E-state index < -0.39 is 63.3 Å². The lowest BCUT2D eigenvalue weighted by Crippen LogP contribution is -2.51. The van der Waals surface area contributed by atoms with Crippen molar-refractivity contribution in [2.75, 3.05) is 31.6 Å². The highest BCUT2D eigenvalue weighted by atomic mass is 32.2. The Morgan fingerprint density at radius 3 is 2.67 bits per heavy atom. The molecule has 2 unspecified atom stereocenters. The fourth-order valence-electron chi connectivity index (χ4n) is 3.89. The Morgan fingerprint density at radius 1 is 1.31 bits per heavy atom. The zero-order valence-electron chi connectivity index (χ0n) is 19.3. The van der Waals surface area contributed by atoms with Crippen molar-refractivity contribution < 1.29 is 40.6 Å². The van der Waals surface area contributed by atoms with Gasteiger partial charge in [0.1, 0.15) is 29.8 Å². The van der Waals surface area contributed by atoms with Gasteiger partial charge in [-0.3, -0.25) is 4.68 Å². The number of aliphatic hydroxyl groups is 1. The number of aryl methyl sites for hydroxylation is 1. The van der Waals surface area contributed by atoms with Gasteiger partial charge in [-0.05, 0) is 13.3 Å². The number of piperidine rings is 1. The predicted molar refractivity (Wildman–Crippen MR) is 114 cm³/mol. The molecule has 0 bridgehead atoms. The number of ether oxygens (including phenoxy) is 2. The summed E-state index contributed by atoms with van der Waals surface area (Å²) in [5.41, 5.74) is -2.80. The lowest BCUT2D eigenvalue weighted by molar-refractivity contribution is -0.152. The maximum Gasteiger partial charge on any atom is 0.423 e. The molecule has 0 aliphatic carbocycles. The van der Waals surface area contributed by atoms with Gasteiger partial charge in [0.05, 0.1) is 19.3 Å². The average Bonchev–Trinajstić information content (AvgIpc) is 3.23. The minimum absolute atomic E-state index is 0.0253. The zero-order chi connectivity index (χ0) is 26.3. The third kappa shape index (κ3) is 5.52. The first kappa shape index (κ1) is 26.4. The molecule has 4 atom stereocenters. The Hall–Kier alpha value is -2.63. The molecular weight excluding hydrogens is 514 g/mol. The number of sulfonamides is 1. The first-order valence-electron chi connectivity index (χ1n) is 10.9. The third-order valence-corrected chi connectivity index (χ3v) is 7.55. The summed E-state index contributed by atoms with van der Waals surface area (Å²) in [6, 6.07) is -0.982. The summed E-state index contributed by atoms with van der Waals surface area (Å²) in [5, 5.41) is 16.4. The number of nitrogens with zero attached hydrogens (tertiary/aromatic N) is 6. The monoisotopic (exact) mass is 539 g/mol. The molecule has 2 N–H and O–H groups in total. The Bertz CT molecular complexity index is 1190. The van der Waals surface area contributed by atoms with Crippen LogP contribution in [-0.2, 0) is 28.0 Å². The van der Waals surface area contributed by atoms with E-state index in [1.807, 2.05) is 0 Å². The van der Waals surface area contributed by atoms with Gasteiger partial charge in [0.25, 0.3) is 15.2 Å². The number of anilines is 1. The third-order valence-electron chi connectivity index (χ3n) is 5.89. The van der Waals surface area contributed by atoms with E-state index in [0.29, 0.717) is 6.20 Å². The van der Waals surface area contributed by atoms with Crippen LogP contribution in [0.4, 0.5) is 23.5 Å². The van der Waals surface area contributed by atoms with Gasteiger partial charge in [0.15, 0.2) is 0 Å². The van der Waals surface area contributed by atoms with E-state index in [2.05, 4.69) is 25.4 Å². The largest absolute Gasteiger partial charge is 0.471 e. The Balaban J connectivity index is 1.50. The van der Waals surface area contributed by atoms with E-state index in [4.69, 9.17) is 9.47 Å². The van der Waals surface area contributed by atoms with Gasteiger partial charge in [-0.15, -0.1) is 5.10 Å². The number of nitrogens with one attached hydrogen (secondary N) is 1. The molecule has 36 heavy (non-hydrogen) atoms. The highest BCUT2D eigenvalue weighted by molar-refractivity contribution is 7.88. The first-order valence-corrected chi connectivity index (χ1v) is 12.4. The fourth-order valence-corrected chi connectivity index (χ4v) is 5.22. The standard InChI is InChI=1S/C19H25F4N7O5S/c1-18(31)9-34-6-4-14(18)35-15-11(19(21,22)23)7-24-16(27-15)26-13-3-5-30(8-12(13)20)36(32,33)17-25-10-29(2)28-17/h7,10,12-14,31H,3-6,8-9H2,1-2H3,(H,24,26,27)/t12-,13-,14?,18?/m1/s1. The van der Waals surface area contributed by atoms with E-state index in [1.165, 1.54) is 25.0 Å². The van der Waals surface area contributed by atoms with Gasteiger partial charge in [-0.2, -0.15) is 22.5 Å². The second-order valence-corrected chi connectivity index (χ2v) is 10.7. The quantitative estimate of drug-likeness (QED) is 0.505. The van der Waals surface area contributed by atoms with Crippen LogP contribution in [0.15, 0.2) is 17.7 Å². The summed E-state index contributed by atoms with van der Waals surface area (Å²) in [5.74, 6) is -1.15. The Kier molecular flexibility index (Phi) is 7.11. The van der Waals surface area contributed by atoms with Gasteiger partial charge in [-0.1, -0.05) is 0 Å². The van der Waals surface area contributed by atoms with Gasteiger partial charge in [-0.25, -0.2) is 22.8 Å². The normalized spacial score (nSPS) is 28.1. The molecule has 0 amide bonds. The molecule has 12 nitrogen and oxygen atoms in total. The molecule has 2 aliphatic rings. The SMILES string of the molecule is Cn1cnc(S(=O)(=O)N2CC[C@@H](Nc3ncc(C(F)(F)F)c(OC4CCOCC4(C)O)n3)[C@H](F)C2)n1. The van der Waals surface area contributed by atoms with E-state index in [-0.39, 0.29) is 38.5 Å². The number of hydrogen-bond donors (Lipinski definition) is 2. The lowest BCUT2D eigenvalue weighted by Gasteiger charge is -2.36. The van der Waals surface area contributed by atoms with Crippen LogP contribution in [0.5, 0.6) is 5.88 Å². The summed E-state index contributed by atoms with van der Waals surface area (Å²) in [4.78, 5) is 11.2. The molecule has 4 rings (SSSR count). The highest BCUT2D eigenvalue weighted by Gasteiger charge is 2.42. The molecule has 2 fully saturated rings. The van der Waals surface area contributed by atoms with Gasteiger partial charge in [0, 0.05) is 32.8 Å². The number of alkyl halides is 4. The molecule has 17 heteroatoms. The number of rotatable bonds is 6. The molecular formula is C19H25F4N7O5S. The second kappa shape index (κ2) is 9.68. The topological polar surface area (TPSA) is 145 Å². The maximum atomic E-state index is 15.0. The molecule has 2 aromatic heterocycles. The maximum absolute atomic E-state index is 15.0. The van der Waals surface area contributed by atoms with Crippen molar-refractivity contribution in [2.45, 2.75) is 55.0 Å². The van der Waals surface area contributed by atoms with E-state index >= 15 is 0 Å². The molecule has 200 valence electrons. The molecule has 0 saturated carbocycles. The van der Waals surface area contributed by atoms with Gasteiger partial charge in [0.2, 0.25) is 11.8 Å². The fraction of sp³-hybridized carbons (Fsp3) is 0.684. The first-order chi connectivity index (χ1) is 16.8. The number of halogens is 4. The van der Waals surface area contributed by atoms with Gasteiger partial charge >= 0.3 is 6.18 Å². The second-order valence-electron chi connectivity index (χ2n) is 8.83. The molecule has 2 saturated heterocycles. The van der Waals surface area contributed by atoms with Crippen LogP contribution >= 0.6 is 0 Å². The van der Waals surface area contributed by atoms with Crippen molar-refractivity contribution in [3.63, 3.8) is 0 Å². The van der Waals surface area contributed by atoms with Crippen molar-refractivity contribution in [3.8, 4) is 5.88 Å². The van der Waals surface area contributed by atoms with Crippen LogP contribution < -0.4 is 10.1 Å². The van der Waals surface area contributed by atoms with Crippen LogP contribution in [0.25, 0.3) is 0 Å². The van der Waals surface area contributed by atoms with Crippen LogP contribution in [0.2, 0.25) is 0 Å². The smallest absolute Gasteiger partial charge is 0.423 e. The van der Waals surface area contributed by atoms with Crippen LogP contribution in [-0.4, -0.2) is 92.8 Å². The van der Waals surface area contributed by atoms with Crippen molar-refractivity contribution in [2.24, 2.45) is 7.05 Å². The molecule has 0 radical (unpaired) electrons. The van der Waals surface area contributed by atoms with Crippen LogP contribution in [0, 0.1) is 0 Å². The van der Waals surface area contributed by atoms with Crippen molar-refractivity contribution in [1.29, 1.82) is 0 Å². The van der Waals surface area contributed by atoms with E-state index in [9.17, 15) is 31.1 Å². The summed E-state index contributed by atoms with van der Waals surface area (Å²) in [6.07, 6.45) is -5.79. The average molecular weight is 540 g/mol. The molecule has 4 heterocycles. The number of aromatic nitrogens is 5. The highest BCUT2D eigenvalue weighted by Crippen LogP contribution is 2.37. The Labute approximate surface area is 203 Å². The van der Waals surface area contributed by atoms with Gasteiger partial charge < -0.3 is 19.9 Å². The zero-order valence-corrected chi connectivity index (χ0v) is 20.1. The summed E-state index contributed by atoms with van der Waals surface area (Å²) >= 11 is 0. The van der Waals surface area contributed by atoms with Crippen molar-refractivity contribution in [3.05, 3.63) is 18.1 Å². The lowest BCUT2D eigenvalue weighted by atomic mass is 9.95. The summed E-state index contributed by atoms with van der Waals surface area (Å²) in [7, 11) is -2.62. The van der Waals surface area contributed by atoms with Crippen molar-refractivity contribution in [1.82, 2.24) is 29.0 Å². The van der Waals surface area contributed by atoms with E-state index in [1.54, 1.807) is 0 Å². The molecule has 2 aromatic rings. The molecule has 0 aromatic carbocycles. The number of hydrogen-bond acceptors (Lipinski definition) is 10. The Morgan fingerprint density at radius 2 is 2.06 bits per heavy atom. The van der Waals surface area contributed by atoms with Crippen LogP contribution in [0.3, 0.4) is 0 Å². The van der Waals surface area contributed by atoms with Crippen molar-refractivity contribution >= 4 is 16.0 Å². The minimum atomic E-state index is -4.84. The minimum Gasteiger partial charge on any atom is -0.471 e.